The summed E-state index contributed by atoms with van der Waals surface area (Å²) in [5.74, 6) is 0.646. The number of amides is 1. The number of aryl methyl sites for hydroxylation is 1. The van der Waals surface area contributed by atoms with E-state index in [0.717, 1.165) is 29.8 Å². The second kappa shape index (κ2) is 7.26. The highest BCUT2D eigenvalue weighted by Gasteiger charge is 2.21. The highest BCUT2D eigenvalue weighted by Crippen LogP contribution is 2.24. The summed E-state index contributed by atoms with van der Waals surface area (Å²) < 4.78 is 5.25. The lowest BCUT2D eigenvalue weighted by molar-refractivity contribution is 0.0777. The summed E-state index contributed by atoms with van der Waals surface area (Å²) in [6, 6.07) is 9.38. The Balaban J connectivity index is 1.49. The van der Waals surface area contributed by atoms with Gasteiger partial charge in [0.25, 0.3) is 5.91 Å². The van der Waals surface area contributed by atoms with E-state index in [1.54, 1.807) is 25.1 Å². The number of hydrogen-bond donors (Lipinski definition) is 2. The van der Waals surface area contributed by atoms with Crippen LogP contribution in [0.4, 0.5) is 0 Å². The maximum absolute atomic E-state index is 12.8. The maximum atomic E-state index is 12.8. The number of carbonyl (C=O) groups is 1. The van der Waals surface area contributed by atoms with Gasteiger partial charge in [0.05, 0.1) is 25.0 Å². The number of aromatic amines is 2. The summed E-state index contributed by atoms with van der Waals surface area (Å²) in [7, 11) is 3.42. The van der Waals surface area contributed by atoms with Crippen LogP contribution < -0.4 is 4.74 Å². The van der Waals surface area contributed by atoms with E-state index >= 15 is 0 Å². The van der Waals surface area contributed by atoms with E-state index in [1.807, 2.05) is 24.3 Å². The van der Waals surface area contributed by atoms with E-state index < -0.39 is 0 Å². The molecule has 0 bridgehead atoms. The summed E-state index contributed by atoms with van der Waals surface area (Å²) in [5.41, 5.74) is 5.53. The number of rotatable bonds is 5. The van der Waals surface area contributed by atoms with Gasteiger partial charge in [0.2, 0.25) is 0 Å². The van der Waals surface area contributed by atoms with E-state index in [4.69, 9.17) is 4.74 Å². The van der Waals surface area contributed by atoms with Gasteiger partial charge in [-0.1, -0.05) is 12.1 Å². The third-order valence-corrected chi connectivity index (χ3v) is 5.05. The van der Waals surface area contributed by atoms with Crippen LogP contribution in [0.2, 0.25) is 0 Å². The Kier molecular flexibility index (Phi) is 4.66. The molecule has 1 aliphatic carbocycles. The zero-order valence-electron chi connectivity index (χ0n) is 15.6. The number of benzene rings is 1. The number of nitrogens with zero attached hydrogens (tertiary/aromatic N) is 3. The first-order valence-electron chi connectivity index (χ1n) is 9.16. The van der Waals surface area contributed by atoms with Crippen molar-refractivity contribution in [2.24, 2.45) is 0 Å². The molecular formula is C20H23N5O2. The molecule has 2 aromatic heterocycles. The number of carbonyl (C=O) groups excluding carboxylic acids is 1. The number of ether oxygens (including phenoxy) is 1. The molecule has 0 atom stereocenters. The predicted molar refractivity (Wildman–Crippen MR) is 102 cm³/mol. The average Bonchev–Trinajstić information content (AvgIpc) is 3.35. The largest absolute Gasteiger partial charge is 0.497 e. The molecule has 0 saturated carbocycles. The number of fused-ring (bicyclic) bond motifs is 1. The zero-order chi connectivity index (χ0) is 18.8. The van der Waals surface area contributed by atoms with Crippen molar-refractivity contribution < 1.29 is 9.53 Å². The maximum Gasteiger partial charge on any atom is 0.271 e. The molecule has 0 aliphatic heterocycles. The number of methoxy groups -OCH3 is 1. The number of H-pyrrole nitrogens is 2. The molecule has 2 N–H and O–H groups in total. The van der Waals surface area contributed by atoms with Crippen molar-refractivity contribution in [3.8, 4) is 17.0 Å². The zero-order valence-corrected chi connectivity index (χ0v) is 15.6. The Hall–Kier alpha value is -3.09. The third-order valence-electron chi connectivity index (χ3n) is 5.05. The van der Waals surface area contributed by atoms with Gasteiger partial charge in [0, 0.05) is 18.3 Å². The molecule has 0 fully saturated rings. The van der Waals surface area contributed by atoms with Crippen molar-refractivity contribution in [1.29, 1.82) is 0 Å². The summed E-state index contributed by atoms with van der Waals surface area (Å²) in [6.45, 7) is 0.484. The first-order valence-corrected chi connectivity index (χ1v) is 9.16. The molecule has 0 spiro atoms. The fourth-order valence-electron chi connectivity index (χ4n) is 3.54. The SMILES string of the molecule is COc1cccc(-c2cc(C(=O)N(C)Cc3n[nH]c4c3CCCC4)[nH]n2)c1. The molecule has 140 valence electrons. The molecule has 0 saturated heterocycles. The van der Waals surface area contributed by atoms with Crippen molar-refractivity contribution in [1.82, 2.24) is 25.3 Å². The Morgan fingerprint density at radius 2 is 2.04 bits per heavy atom. The minimum Gasteiger partial charge on any atom is -0.497 e. The smallest absolute Gasteiger partial charge is 0.271 e. The van der Waals surface area contributed by atoms with Crippen molar-refractivity contribution in [3.63, 3.8) is 0 Å². The number of aromatic nitrogens is 4. The van der Waals surface area contributed by atoms with Gasteiger partial charge in [-0.25, -0.2) is 0 Å². The molecule has 27 heavy (non-hydrogen) atoms. The quantitative estimate of drug-likeness (QED) is 0.728. The van der Waals surface area contributed by atoms with Crippen LogP contribution >= 0.6 is 0 Å². The van der Waals surface area contributed by atoms with Gasteiger partial charge in [-0.15, -0.1) is 0 Å². The first kappa shape index (κ1) is 17.3. The highest BCUT2D eigenvalue weighted by atomic mass is 16.5. The van der Waals surface area contributed by atoms with Gasteiger partial charge in [0.1, 0.15) is 11.4 Å². The molecule has 0 unspecified atom stereocenters. The van der Waals surface area contributed by atoms with Crippen LogP contribution in [0.3, 0.4) is 0 Å². The molecule has 3 aromatic rings. The van der Waals surface area contributed by atoms with Gasteiger partial charge < -0.3 is 9.64 Å². The van der Waals surface area contributed by atoms with Crippen molar-refractivity contribution >= 4 is 5.91 Å². The lowest BCUT2D eigenvalue weighted by Crippen LogP contribution is -2.27. The molecule has 1 aromatic carbocycles. The standard InChI is InChI=1S/C20H23N5O2/c1-25(12-19-15-8-3-4-9-16(15)21-24-19)20(26)18-11-17(22-23-18)13-6-5-7-14(10-13)27-2/h5-7,10-11H,3-4,8-9,12H2,1-2H3,(H,21,24)(H,22,23). The average molecular weight is 365 g/mol. The summed E-state index contributed by atoms with van der Waals surface area (Å²) in [6.07, 6.45) is 4.46. The Morgan fingerprint density at radius 3 is 2.89 bits per heavy atom. The fraction of sp³-hybridized carbons (Fsp3) is 0.350. The van der Waals surface area contributed by atoms with Crippen molar-refractivity contribution in [3.05, 3.63) is 53.0 Å². The Morgan fingerprint density at radius 1 is 1.19 bits per heavy atom. The molecule has 1 amide bonds. The van der Waals surface area contributed by atoms with Crippen LogP contribution in [0.25, 0.3) is 11.3 Å². The number of nitrogens with one attached hydrogen (secondary N) is 2. The second-order valence-corrected chi connectivity index (χ2v) is 6.89. The van der Waals surface area contributed by atoms with Crippen LogP contribution in [0.15, 0.2) is 30.3 Å². The molecule has 7 nitrogen and oxygen atoms in total. The molecule has 2 heterocycles. The summed E-state index contributed by atoms with van der Waals surface area (Å²) >= 11 is 0. The summed E-state index contributed by atoms with van der Waals surface area (Å²) in [4.78, 5) is 14.5. The minimum absolute atomic E-state index is 0.107. The van der Waals surface area contributed by atoms with Gasteiger partial charge >= 0.3 is 0 Å². The molecule has 1 aliphatic rings. The topological polar surface area (TPSA) is 86.9 Å². The van der Waals surface area contributed by atoms with Crippen LogP contribution in [-0.2, 0) is 19.4 Å². The molecular weight excluding hydrogens is 342 g/mol. The highest BCUT2D eigenvalue weighted by molar-refractivity contribution is 5.93. The molecule has 0 radical (unpaired) electrons. The normalized spacial score (nSPS) is 13.3. The van der Waals surface area contributed by atoms with E-state index in [0.29, 0.717) is 17.9 Å². The third kappa shape index (κ3) is 3.45. The predicted octanol–water partition coefficient (Wildman–Crippen LogP) is 2.96. The lowest BCUT2D eigenvalue weighted by atomic mass is 9.96. The lowest BCUT2D eigenvalue weighted by Gasteiger charge is -2.17. The van der Waals surface area contributed by atoms with Gasteiger partial charge in [-0.2, -0.15) is 10.2 Å². The van der Waals surface area contributed by atoms with Gasteiger partial charge in [-0.05, 0) is 49.4 Å². The molecule has 4 rings (SSSR count). The van der Waals surface area contributed by atoms with Gasteiger partial charge in [-0.3, -0.25) is 15.0 Å². The van der Waals surface area contributed by atoms with E-state index in [2.05, 4.69) is 20.4 Å². The van der Waals surface area contributed by atoms with E-state index in [1.165, 1.54) is 24.1 Å². The van der Waals surface area contributed by atoms with Crippen LogP contribution in [0.5, 0.6) is 5.75 Å². The van der Waals surface area contributed by atoms with E-state index in [-0.39, 0.29) is 5.91 Å². The van der Waals surface area contributed by atoms with Gasteiger partial charge in [0.15, 0.2) is 0 Å². The Bertz CT molecular complexity index is 959. The van der Waals surface area contributed by atoms with Crippen LogP contribution in [-0.4, -0.2) is 45.4 Å². The van der Waals surface area contributed by atoms with Crippen molar-refractivity contribution in [2.45, 2.75) is 32.2 Å². The Labute approximate surface area is 157 Å². The van der Waals surface area contributed by atoms with Crippen molar-refractivity contribution in [2.75, 3.05) is 14.2 Å². The minimum atomic E-state index is -0.107. The second-order valence-electron chi connectivity index (χ2n) is 6.89. The fourth-order valence-corrected chi connectivity index (χ4v) is 3.54. The van der Waals surface area contributed by atoms with Crippen LogP contribution in [0.1, 0.15) is 40.3 Å². The molecule has 7 heteroatoms. The van der Waals surface area contributed by atoms with E-state index in [9.17, 15) is 4.79 Å². The van der Waals surface area contributed by atoms with Crippen LogP contribution in [0, 0.1) is 0 Å². The monoisotopic (exact) mass is 365 g/mol. The summed E-state index contributed by atoms with van der Waals surface area (Å²) in [5, 5.41) is 14.7. The number of hydrogen-bond acceptors (Lipinski definition) is 4. The first-order chi connectivity index (χ1) is 13.2.